The Kier molecular flexibility index (Phi) is 6.62. The second-order valence-corrected chi connectivity index (χ2v) is 7.28. The van der Waals surface area contributed by atoms with Crippen LogP contribution in [0.25, 0.3) is 0 Å². The summed E-state index contributed by atoms with van der Waals surface area (Å²) < 4.78 is 5.62. The molecule has 0 radical (unpaired) electrons. The molecule has 2 aromatic rings. The Balaban J connectivity index is 1.75. The number of hydrogen-bond donors (Lipinski definition) is 2. The van der Waals surface area contributed by atoms with Gasteiger partial charge in [-0.2, -0.15) is 5.26 Å². The molecule has 2 rings (SSSR count). The predicted octanol–water partition coefficient (Wildman–Crippen LogP) is 4.42. The van der Waals surface area contributed by atoms with Crippen LogP contribution in [-0.2, 0) is 4.79 Å². The van der Waals surface area contributed by atoms with E-state index >= 15 is 0 Å². The minimum Gasteiger partial charge on any atom is -0.493 e. The van der Waals surface area contributed by atoms with E-state index in [9.17, 15) is 4.79 Å². The molecule has 0 heterocycles. The molecule has 0 atom stereocenters. The van der Waals surface area contributed by atoms with Crippen LogP contribution in [0.3, 0.4) is 0 Å². The smallest absolute Gasteiger partial charge is 0.227 e. The number of anilines is 2. The van der Waals surface area contributed by atoms with Crippen LogP contribution >= 0.6 is 0 Å². The summed E-state index contributed by atoms with van der Waals surface area (Å²) in [6.45, 7) is 7.72. The average molecular weight is 351 g/mol. The first-order valence-electron chi connectivity index (χ1n) is 8.62. The fourth-order valence-corrected chi connectivity index (χ4v) is 2.19. The largest absolute Gasteiger partial charge is 0.493 e. The van der Waals surface area contributed by atoms with Crippen molar-refractivity contribution in [3.63, 3.8) is 0 Å². The molecule has 0 aliphatic rings. The van der Waals surface area contributed by atoms with Gasteiger partial charge in [-0.1, -0.05) is 26.8 Å². The lowest BCUT2D eigenvalue weighted by Crippen LogP contribution is -2.18. The predicted molar refractivity (Wildman–Crippen MR) is 104 cm³/mol. The van der Waals surface area contributed by atoms with Gasteiger partial charge in [-0.25, -0.2) is 0 Å². The molecular formula is C21H25N3O2. The minimum absolute atomic E-state index is 0.149. The van der Waals surface area contributed by atoms with E-state index in [1.54, 1.807) is 24.3 Å². The summed E-state index contributed by atoms with van der Waals surface area (Å²) in [5.74, 6) is 0.578. The van der Waals surface area contributed by atoms with Crippen molar-refractivity contribution in [2.45, 2.75) is 27.2 Å². The van der Waals surface area contributed by atoms with Gasteiger partial charge in [-0.05, 0) is 47.9 Å². The Bertz CT molecular complexity index is 771. The van der Waals surface area contributed by atoms with Gasteiger partial charge in [0.15, 0.2) is 0 Å². The maximum absolute atomic E-state index is 12.0. The lowest BCUT2D eigenvalue weighted by molar-refractivity contribution is -0.116. The lowest BCUT2D eigenvalue weighted by atomic mass is 9.97. The fraction of sp³-hybridized carbons (Fsp3) is 0.333. The third-order valence-corrected chi connectivity index (χ3v) is 3.55. The zero-order chi connectivity index (χ0) is 19.0. The average Bonchev–Trinajstić information content (AvgIpc) is 2.60. The summed E-state index contributed by atoms with van der Waals surface area (Å²) in [5, 5.41) is 15.0. The number of carbonyl (C=O) groups excluding carboxylic acids is 1. The summed E-state index contributed by atoms with van der Waals surface area (Å²) in [6, 6.07) is 16.6. The van der Waals surface area contributed by atoms with E-state index in [2.05, 4.69) is 31.4 Å². The molecule has 0 aliphatic carbocycles. The lowest BCUT2D eigenvalue weighted by Gasteiger charge is -2.19. The summed E-state index contributed by atoms with van der Waals surface area (Å²) in [7, 11) is 0. The third-order valence-electron chi connectivity index (χ3n) is 3.55. The van der Waals surface area contributed by atoms with Crippen molar-refractivity contribution in [3.05, 3.63) is 54.1 Å². The number of nitrogens with one attached hydrogen (secondary N) is 2. The highest BCUT2D eigenvalue weighted by Gasteiger charge is 2.09. The van der Waals surface area contributed by atoms with Crippen molar-refractivity contribution in [1.82, 2.24) is 0 Å². The molecule has 1 amide bonds. The molecule has 0 bridgehead atoms. The number of carbonyl (C=O) groups is 1. The normalized spacial score (nSPS) is 10.7. The van der Waals surface area contributed by atoms with E-state index in [-0.39, 0.29) is 17.7 Å². The van der Waals surface area contributed by atoms with Crippen LogP contribution in [0.5, 0.6) is 5.75 Å². The van der Waals surface area contributed by atoms with E-state index in [0.717, 1.165) is 18.0 Å². The van der Waals surface area contributed by atoms with Gasteiger partial charge in [-0.3, -0.25) is 4.79 Å². The van der Waals surface area contributed by atoms with Crippen molar-refractivity contribution in [2.75, 3.05) is 23.8 Å². The van der Waals surface area contributed by atoms with Gasteiger partial charge in [0, 0.05) is 17.9 Å². The molecule has 26 heavy (non-hydrogen) atoms. The SMILES string of the molecule is CC(C)(C)CNc1ccc(OCCC(=O)Nc2cccc(C#N)c2)cc1. The molecular weight excluding hydrogens is 326 g/mol. The molecule has 5 nitrogen and oxygen atoms in total. The van der Waals surface area contributed by atoms with Gasteiger partial charge in [0.1, 0.15) is 5.75 Å². The molecule has 0 fully saturated rings. The van der Waals surface area contributed by atoms with E-state index in [1.165, 1.54) is 0 Å². The molecule has 136 valence electrons. The number of ether oxygens (including phenoxy) is 1. The molecule has 2 N–H and O–H groups in total. The summed E-state index contributed by atoms with van der Waals surface area (Å²) in [6.07, 6.45) is 0.237. The highest BCUT2D eigenvalue weighted by atomic mass is 16.5. The molecule has 0 saturated heterocycles. The first-order valence-corrected chi connectivity index (χ1v) is 8.62. The highest BCUT2D eigenvalue weighted by Crippen LogP contribution is 2.19. The first kappa shape index (κ1) is 19.3. The zero-order valence-corrected chi connectivity index (χ0v) is 15.5. The van der Waals surface area contributed by atoms with Crippen LogP contribution in [0.15, 0.2) is 48.5 Å². The summed E-state index contributed by atoms with van der Waals surface area (Å²) >= 11 is 0. The first-order chi connectivity index (χ1) is 12.4. The molecule has 5 heteroatoms. The monoisotopic (exact) mass is 351 g/mol. The number of nitriles is 1. The van der Waals surface area contributed by atoms with E-state index in [4.69, 9.17) is 10.00 Å². The van der Waals surface area contributed by atoms with Crippen LogP contribution in [0, 0.1) is 16.7 Å². The highest BCUT2D eigenvalue weighted by molar-refractivity contribution is 5.90. The van der Waals surface area contributed by atoms with Crippen molar-refractivity contribution in [3.8, 4) is 11.8 Å². The number of hydrogen-bond acceptors (Lipinski definition) is 4. The van der Waals surface area contributed by atoms with Gasteiger partial charge in [0.2, 0.25) is 5.91 Å². The Labute approximate surface area is 155 Å². The molecule has 0 aromatic heterocycles. The van der Waals surface area contributed by atoms with E-state index in [0.29, 0.717) is 17.9 Å². The number of nitrogens with zero attached hydrogens (tertiary/aromatic N) is 1. The van der Waals surface area contributed by atoms with Crippen LogP contribution < -0.4 is 15.4 Å². The Morgan fingerprint density at radius 1 is 1.12 bits per heavy atom. The quantitative estimate of drug-likeness (QED) is 0.774. The third kappa shape index (κ3) is 6.86. The molecule has 2 aromatic carbocycles. The second-order valence-electron chi connectivity index (χ2n) is 7.28. The maximum Gasteiger partial charge on any atom is 0.227 e. The van der Waals surface area contributed by atoms with E-state index in [1.807, 2.05) is 30.3 Å². The van der Waals surface area contributed by atoms with Crippen LogP contribution in [0.1, 0.15) is 32.8 Å². The standard InChI is InChI=1S/C21H25N3O2/c1-21(2,3)15-23-17-7-9-19(10-8-17)26-12-11-20(25)24-18-6-4-5-16(13-18)14-22/h4-10,13,23H,11-12,15H2,1-3H3,(H,24,25). The summed E-state index contributed by atoms with van der Waals surface area (Å²) in [4.78, 5) is 12.0. The van der Waals surface area contributed by atoms with Gasteiger partial charge in [0.05, 0.1) is 24.7 Å². The van der Waals surface area contributed by atoms with Crippen molar-refractivity contribution in [2.24, 2.45) is 5.41 Å². The molecule has 0 unspecified atom stereocenters. The Morgan fingerprint density at radius 3 is 2.50 bits per heavy atom. The van der Waals surface area contributed by atoms with Crippen molar-refractivity contribution in [1.29, 1.82) is 5.26 Å². The van der Waals surface area contributed by atoms with E-state index < -0.39 is 0 Å². The van der Waals surface area contributed by atoms with Gasteiger partial charge < -0.3 is 15.4 Å². The molecule has 0 saturated carbocycles. The molecule has 0 spiro atoms. The topological polar surface area (TPSA) is 74.2 Å². The van der Waals surface area contributed by atoms with Crippen molar-refractivity contribution < 1.29 is 9.53 Å². The van der Waals surface area contributed by atoms with Crippen LogP contribution in [-0.4, -0.2) is 19.1 Å². The van der Waals surface area contributed by atoms with Gasteiger partial charge >= 0.3 is 0 Å². The van der Waals surface area contributed by atoms with Gasteiger partial charge in [-0.15, -0.1) is 0 Å². The Hall–Kier alpha value is -3.00. The van der Waals surface area contributed by atoms with Crippen LogP contribution in [0.4, 0.5) is 11.4 Å². The summed E-state index contributed by atoms with van der Waals surface area (Å²) in [5.41, 5.74) is 2.39. The molecule has 0 aliphatic heterocycles. The van der Waals surface area contributed by atoms with Crippen LogP contribution in [0.2, 0.25) is 0 Å². The fourth-order valence-electron chi connectivity index (χ4n) is 2.19. The maximum atomic E-state index is 12.0. The number of rotatable bonds is 7. The van der Waals surface area contributed by atoms with Gasteiger partial charge in [0.25, 0.3) is 0 Å². The second kappa shape index (κ2) is 8.91. The van der Waals surface area contributed by atoms with Crippen molar-refractivity contribution >= 4 is 17.3 Å². The number of amides is 1. The number of benzene rings is 2. The minimum atomic E-state index is -0.149. The zero-order valence-electron chi connectivity index (χ0n) is 15.5. The Morgan fingerprint density at radius 2 is 1.85 bits per heavy atom.